The molecular weight excluding hydrogens is 364 g/mol. The number of amides is 2. The Hall–Kier alpha value is -1.38. The Morgan fingerprint density at radius 1 is 1.19 bits per heavy atom. The highest BCUT2D eigenvalue weighted by Crippen LogP contribution is 2.36. The van der Waals surface area contributed by atoms with Crippen LogP contribution in [0.2, 0.25) is 18.1 Å². The number of carbonyl (C=O) groups is 2. The molecule has 0 aliphatic rings. The third kappa shape index (κ3) is 9.93. The van der Waals surface area contributed by atoms with Gasteiger partial charge < -0.3 is 25.3 Å². The van der Waals surface area contributed by atoms with E-state index in [1.54, 1.807) is 26.8 Å². The molecule has 4 N–H and O–H groups in total. The number of hydrogen-bond donors (Lipinski definition) is 3. The molecule has 0 aromatic rings. The van der Waals surface area contributed by atoms with Crippen LogP contribution in [0.25, 0.3) is 0 Å². The molecule has 7 nitrogen and oxygen atoms in total. The molecule has 0 fully saturated rings. The van der Waals surface area contributed by atoms with E-state index in [9.17, 15) is 14.7 Å². The molecule has 158 valence electrons. The smallest absolute Gasteiger partial charge is 0.407 e. The standard InChI is InChI=1S/C19H38N2O5Si/c1-13(12-25-27(8,9)19(5,6)7)10-14(16(20)23)15(22)11-21-17(24)26-18(2,3)4/h10,13,15,22H,11-12H2,1-9H3,(H2,20,23)(H,21,24). The summed E-state index contributed by atoms with van der Waals surface area (Å²) in [5, 5.41) is 12.8. The van der Waals surface area contributed by atoms with Crippen LogP contribution >= 0.6 is 0 Å². The van der Waals surface area contributed by atoms with Gasteiger partial charge in [0.15, 0.2) is 8.32 Å². The lowest BCUT2D eigenvalue weighted by atomic mass is 10.0. The summed E-state index contributed by atoms with van der Waals surface area (Å²) in [6, 6.07) is 0. The van der Waals surface area contributed by atoms with Crippen LogP contribution in [0, 0.1) is 5.92 Å². The average Bonchev–Trinajstić information content (AvgIpc) is 2.45. The molecule has 0 spiro atoms. The number of hydrogen-bond acceptors (Lipinski definition) is 5. The minimum absolute atomic E-state index is 0.0531. The van der Waals surface area contributed by atoms with Gasteiger partial charge in [0.05, 0.1) is 6.54 Å². The van der Waals surface area contributed by atoms with Crippen molar-refractivity contribution in [1.29, 1.82) is 0 Å². The normalized spacial score (nSPS) is 15.9. The van der Waals surface area contributed by atoms with Crippen molar-refractivity contribution in [3.05, 3.63) is 11.6 Å². The van der Waals surface area contributed by atoms with Crippen molar-refractivity contribution in [2.45, 2.75) is 78.3 Å². The molecule has 2 unspecified atom stereocenters. The van der Waals surface area contributed by atoms with Gasteiger partial charge in [-0.1, -0.05) is 33.8 Å². The molecule has 0 aromatic carbocycles. The van der Waals surface area contributed by atoms with Gasteiger partial charge in [0.25, 0.3) is 0 Å². The Labute approximate surface area is 164 Å². The summed E-state index contributed by atoms with van der Waals surface area (Å²) in [5.41, 5.74) is 4.81. The van der Waals surface area contributed by atoms with Gasteiger partial charge in [-0.05, 0) is 44.8 Å². The third-order valence-electron chi connectivity index (χ3n) is 4.46. The molecule has 2 amide bonds. The molecule has 0 saturated heterocycles. The fourth-order valence-electron chi connectivity index (χ4n) is 1.87. The predicted molar refractivity (Wildman–Crippen MR) is 110 cm³/mol. The van der Waals surface area contributed by atoms with E-state index in [4.69, 9.17) is 14.9 Å². The Morgan fingerprint density at radius 3 is 2.11 bits per heavy atom. The molecule has 0 radical (unpaired) electrons. The van der Waals surface area contributed by atoms with Crippen LogP contribution in [0.4, 0.5) is 4.79 Å². The minimum Gasteiger partial charge on any atom is -0.444 e. The second kappa shape index (κ2) is 9.70. The quantitative estimate of drug-likeness (QED) is 0.427. The van der Waals surface area contributed by atoms with E-state index in [1.807, 2.05) is 6.92 Å². The van der Waals surface area contributed by atoms with E-state index in [2.05, 4.69) is 39.2 Å². The van der Waals surface area contributed by atoms with Gasteiger partial charge >= 0.3 is 6.09 Å². The number of rotatable bonds is 8. The zero-order valence-corrected chi connectivity index (χ0v) is 19.3. The predicted octanol–water partition coefficient (Wildman–Crippen LogP) is 2.94. The highest BCUT2D eigenvalue weighted by Gasteiger charge is 2.37. The first-order valence-electron chi connectivity index (χ1n) is 9.26. The summed E-state index contributed by atoms with van der Waals surface area (Å²) in [7, 11) is -1.91. The van der Waals surface area contributed by atoms with Gasteiger partial charge in [-0.15, -0.1) is 0 Å². The maximum Gasteiger partial charge on any atom is 0.407 e. The Bertz CT molecular complexity index is 547. The zero-order valence-electron chi connectivity index (χ0n) is 18.3. The van der Waals surface area contributed by atoms with Crippen LogP contribution in [-0.2, 0) is 14.0 Å². The molecule has 8 heteroatoms. The second-order valence-electron chi connectivity index (χ2n) is 9.43. The number of nitrogens with one attached hydrogen (secondary N) is 1. The summed E-state index contributed by atoms with van der Waals surface area (Å²) < 4.78 is 11.2. The first kappa shape index (κ1) is 25.6. The van der Waals surface area contributed by atoms with Crippen LogP contribution < -0.4 is 11.1 Å². The molecule has 0 bridgehead atoms. The molecular formula is C19H38N2O5Si. The van der Waals surface area contributed by atoms with E-state index >= 15 is 0 Å². The van der Waals surface area contributed by atoms with E-state index in [-0.39, 0.29) is 23.1 Å². The van der Waals surface area contributed by atoms with Gasteiger partial charge in [-0.2, -0.15) is 0 Å². The van der Waals surface area contributed by atoms with Crippen LogP contribution in [0.3, 0.4) is 0 Å². The van der Waals surface area contributed by atoms with Crippen molar-refractivity contribution in [1.82, 2.24) is 5.32 Å². The zero-order chi connectivity index (χ0) is 21.6. The molecule has 0 aliphatic heterocycles. The second-order valence-corrected chi connectivity index (χ2v) is 14.2. The van der Waals surface area contributed by atoms with Gasteiger partial charge in [0.1, 0.15) is 11.7 Å². The van der Waals surface area contributed by atoms with Crippen molar-refractivity contribution in [3.63, 3.8) is 0 Å². The lowest BCUT2D eigenvalue weighted by molar-refractivity contribution is -0.115. The van der Waals surface area contributed by atoms with Gasteiger partial charge in [0.2, 0.25) is 5.91 Å². The van der Waals surface area contributed by atoms with Gasteiger partial charge in [-0.3, -0.25) is 4.79 Å². The maximum atomic E-state index is 11.7. The van der Waals surface area contributed by atoms with Crippen molar-refractivity contribution < 1.29 is 23.9 Å². The van der Waals surface area contributed by atoms with Crippen molar-refractivity contribution in [3.8, 4) is 0 Å². The molecule has 0 saturated carbocycles. The molecule has 0 rings (SSSR count). The summed E-state index contributed by atoms with van der Waals surface area (Å²) in [5.74, 6) is -0.842. The van der Waals surface area contributed by atoms with Crippen LogP contribution in [0.1, 0.15) is 48.5 Å². The number of nitrogens with two attached hydrogens (primary N) is 1. The monoisotopic (exact) mass is 402 g/mol. The van der Waals surface area contributed by atoms with E-state index < -0.39 is 32.0 Å². The molecule has 0 aromatic heterocycles. The summed E-state index contributed by atoms with van der Waals surface area (Å²) in [4.78, 5) is 23.4. The first-order valence-corrected chi connectivity index (χ1v) is 12.2. The summed E-state index contributed by atoms with van der Waals surface area (Å²) in [6.07, 6.45) is -0.276. The van der Waals surface area contributed by atoms with E-state index in [0.717, 1.165) is 0 Å². The number of aliphatic hydroxyl groups excluding tert-OH is 1. The SMILES string of the molecule is CC(C=C(C(N)=O)C(O)CNC(=O)OC(C)(C)C)CO[Si](C)(C)C(C)(C)C. The van der Waals surface area contributed by atoms with Crippen molar-refractivity contribution in [2.24, 2.45) is 11.7 Å². The Morgan fingerprint density at radius 2 is 1.70 bits per heavy atom. The Balaban J connectivity index is 4.90. The lowest BCUT2D eigenvalue weighted by Gasteiger charge is -2.36. The highest BCUT2D eigenvalue weighted by molar-refractivity contribution is 6.74. The van der Waals surface area contributed by atoms with Crippen LogP contribution in [-0.4, -0.2) is 50.3 Å². The minimum atomic E-state index is -1.91. The number of carbonyl (C=O) groups excluding carboxylic acids is 2. The number of alkyl carbamates (subject to hydrolysis) is 1. The van der Waals surface area contributed by atoms with Gasteiger partial charge in [0, 0.05) is 12.2 Å². The highest BCUT2D eigenvalue weighted by atomic mass is 28.4. The maximum absolute atomic E-state index is 11.7. The lowest BCUT2D eigenvalue weighted by Crippen LogP contribution is -2.42. The number of ether oxygens (including phenoxy) is 1. The van der Waals surface area contributed by atoms with E-state index in [1.165, 1.54) is 0 Å². The molecule has 2 atom stereocenters. The summed E-state index contributed by atoms with van der Waals surface area (Å²) in [6.45, 7) is 18.1. The van der Waals surface area contributed by atoms with Crippen LogP contribution in [0.15, 0.2) is 11.6 Å². The fourth-order valence-corrected chi connectivity index (χ4v) is 2.99. The average molecular weight is 403 g/mol. The van der Waals surface area contributed by atoms with E-state index in [0.29, 0.717) is 6.61 Å². The largest absolute Gasteiger partial charge is 0.444 e. The molecule has 0 heterocycles. The van der Waals surface area contributed by atoms with Crippen LogP contribution in [0.5, 0.6) is 0 Å². The number of aliphatic hydroxyl groups is 1. The first-order chi connectivity index (χ1) is 12.0. The fraction of sp³-hybridized carbons (Fsp3) is 0.789. The molecule has 27 heavy (non-hydrogen) atoms. The topological polar surface area (TPSA) is 111 Å². The summed E-state index contributed by atoms with van der Waals surface area (Å²) >= 11 is 0. The third-order valence-corrected chi connectivity index (χ3v) is 8.96. The molecule has 0 aliphatic carbocycles. The van der Waals surface area contributed by atoms with Crippen molar-refractivity contribution in [2.75, 3.05) is 13.2 Å². The number of primary amides is 1. The Kier molecular flexibility index (Phi) is 9.21. The van der Waals surface area contributed by atoms with Crippen molar-refractivity contribution >= 4 is 20.3 Å². The van der Waals surface area contributed by atoms with Gasteiger partial charge in [-0.25, -0.2) is 4.79 Å².